The van der Waals surface area contributed by atoms with Crippen LogP contribution in [-0.2, 0) is 11.0 Å². The molecule has 1 amide bonds. The summed E-state index contributed by atoms with van der Waals surface area (Å²) in [4.78, 5) is 36.3. The molecule has 0 bridgehead atoms. The van der Waals surface area contributed by atoms with Crippen LogP contribution in [0, 0.1) is 10.1 Å². The van der Waals surface area contributed by atoms with E-state index in [0.717, 1.165) is 76.0 Å². The zero-order valence-corrected chi connectivity index (χ0v) is 25.5. The molecule has 0 unspecified atom stereocenters. The average molecular weight is 610 g/mol. The molecule has 43 heavy (non-hydrogen) atoms. The SMILES string of the molecule is CC(=O)NC1CCCC1.CCCN(CCC)c1cccc(=O)[nH]1.O=[N+]([O-])c1ccc(NC2CCCCC2)cc1C(F)(F)F. The molecule has 0 spiro atoms. The summed E-state index contributed by atoms with van der Waals surface area (Å²) in [6.07, 6.45) is 7.46. The number of hydrogen-bond acceptors (Lipinski definition) is 6. The lowest BCUT2D eigenvalue weighted by atomic mass is 9.95. The van der Waals surface area contributed by atoms with Crippen molar-refractivity contribution in [3.05, 3.63) is 62.4 Å². The minimum Gasteiger partial charge on any atom is -0.382 e. The first-order valence-corrected chi connectivity index (χ1v) is 15.3. The van der Waals surface area contributed by atoms with Gasteiger partial charge in [-0.2, -0.15) is 13.2 Å². The van der Waals surface area contributed by atoms with Gasteiger partial charge in [-0.05, 0) is 56.7 Å². The Kier molecular flexibility index (Phi) is 15.1. The molecular formula is C31H46F3N5O4. The van der Waals surface area contributed by atoms with Crippen LogP contribution < -0.4 is 21.1 Å². The minimum absolute atomic E-state index is 0.0280. The molecule has 0 radical (unpaired) electrons. The van der Waals surface area contributed by atoms with E-state index in [9.17, 15) is 32.9 Å². The highest BCUT2D eigenvalue weighted by molar-refractivity contribution is 5.73. The molecule has 2 aliphatic rings. The van der Waals surface area contributed by atoms with Gasteiger partial charge in [0.2, 0.25) is 11.5 Å². The van der Waals surface area contributed by atoms with Crippen molar-refractivity contribution in [1.82, 2.24) is 10.3 Å². The minimum atomic E-state index is -4.73. The molecule has 1 aromatic carbocycles. The number of aromatic amines is 1. The largest absolute Gasteiger partial charge is 0.423 e. The number of aromatic nitrogens is 1. The van der Waals surface area contributed by atoms with Crippen molar-refractivity contribution in [2.24, 2.45) is 0 Å². The number of alkyl halides is 3. The van der Waals surface area contributed by atoms with Crippen LogP contribution in [0.1, 0.15) is 97.0 Å². The van der Waals surface area contributed by atoms with Crippen LogP contribution in [0.5, 0.6) is 0 Å². The highest BCUT2D eigenvalue weighted by Crippen LogP contribution is 2.38. The molecule has 3 N–H and O–H groups in total. The van der Waals surface area contributed by atoms with E-state index in [4.69, 9.17) is 0 Å². The summed E-state index contributed by atoms with van der Waals surface area (Å²) in [5.41, 5.74) is -1.86. The van der Waals surface area contributed by atoms with Crippen molar-refractivity contribution in [3.8, 4) is 0 Å². The number of pyridine rings is 1. The lowest BCUT2D eigenvalue weighted by Crippen LogP contribution is -2.30. The number of hydrogen-bond donors (Lipinski definition) is 3. The van der Waals surface area contributed by atoms with Crippen LogP contribution in [0.25, 0.3) is 0 Å². The fraction of sp³-hybridized carbons (Fsp3) is 0.613. The van der Waals surface area contributed by atoms with Gasteiger partial charge in [0, 0.05) is 49.9 Å². The lowest BCUT2D eigenvalue weighted by molar-refractivity contribution is -0.388. The Hall–Kier alpha value is -3.57. The standard InChI is InChI=1S/C13H15F3N2O2.C11H18N2O.C7H13NO/c14-13(15,16)11-8-10(6-7-12(11)18(19)20)17-9-4-2-1-3-5-9;1-3-8-13(9-4-2)10-6-5-7-11(14)12-10;1-6(9)8-7-4-2-3-5-7/h6-9,17H,1-5H2;5-7H,3-4,8-9H2,1-2H3,(H,12,14);7H,2-5H2,1H3,(H,8,9). The summed E-state index contributed by atoms with van der Waals surface area (Å²) >= 11 is 0. The number of rotatable bonds is 9. The molecule has 9 nitrogen and oxygen atoms in total. The zero-order valence-electron chi connectivity index (χ0n) is 25.5. The van der Waals surface area contributed by atoms with E-state index in [-0.39, 0.29) is 23.2 Å². The van der Waals surface area contributed by atoms with E-state index in [1.165, 1.54) is 31.7 Å². The van der Waals surface area contributed by atoms with Gasteiger partial charge in [-0.25, -0.2) is 0 Å². The fourth-order valence-electron chi connectivity index (χ4n) is 5.37. The number of nitro benzene ring substituents is 1. The fourth-order valence-corrected chi connectivity index (χ4v) is 5.37. The highest BCUT2D eigenvalue weighted by atomic mass is 19.4. The first-order chi connectivity index (χ1) is 20.4. The molecule has 12 heteroatoms. The molecule has 0 aliphatic heterocycles. The third-order valence-electron chi connectivity index (χ3n) is 7.32. The molecule has 2 saturated carbocycles. The van der Waals surface area contributed by atoms with Crippen LogP contribution in [0.15, 0.2) is 41.2 Å². The van der Waals surface area contributed by atoms with Gasteiger partial charge < -0.3 is 20.5 Å². The normalized spacial score (nSPS) is 15.4. The Bertz CT molecular complexity index is 1190. The maximum Gasteiger partial charge on any atom is 0.423 e. The number of carbonyl (C=O) groups is 1. The summed E-state index contributed by atoms with van der Waals surface area (Å²) in [6.45, 7) is 7.85. The molecule has 2 fully saturated rings. The maximum atomic E-state index is 12.8. The number of halogens is 3. The summed E-state index contributed by atoms with van der Waals surface area (Å²) in [6, 6.07) is 9.00. The Morgan fingerprint density at radius 1 is 0.977 bits per heavy atom. The second kappa shape index (κ2) is 18.2. The smallest absolute Gasteiger partial charge is 0.382 e. The van der Waals surface area contributed by atoms with Gasteiger partial charge in [0.05, 0.1) is 4.92 Å². The van der Waals surface area contributed by atoms with E-state index in [1.54, 1.807) is 19.1 Å². The number of nitrogens with one attached hydrogen (secondary N) is 3. The summed E-state index contributed by atoms with van der Waals surface area (Å²) in [5, 5.41) is 16.6. The molecule has 0 saturated heterocycles. The second-order valence-corrected chi connectivity index (χ2v) is 11.0. The van der Waals surface area contributed by atoms with Gasteiger partial charge in [0.15, 0.2) is 0 Å². The predicted octanol–water partition coefficient (Wildman–Crippen LogP) is 7.42. The highest BCUT2D eigenvalue weighted by Gasteiger charge is 2.38. The number of nitrogens with zero attached hydrogens (tertiary/aromatic N) is 2. The summed E-state index contributed by atoms with van der Waals surface area (Å²) < 4.78 is 38.5. The van der Waals surface area contributed by atoms with Crippen LogP contribution in [0.3, 0.4) is 0 Å². The number of H-pyrrole nitrogens is 1. The van der Waals surface area contributed by atoms with Crippen molar-refractivity contribution in [2.75, 3.05) is 23.3 Å². The van der Waals surface area contributed by atoms with E-state index in [2.05, 4.69) is 34.4 Å². The molecule has 1 aromatic heterocycles. The zero-order chi connectivity index (χ0) is 31.8. The third-order valence-corrected chi connectivity index (χ3v) is 7.32. The number of anilines is 2. The van der Waals surface area contributed by atoms with Gasteiger partial charge in [-0.3, -0.25) is 19.7 Å². The van der Waals surface area contributed by atoms with Crippen molar-refractivity contribution in [2.45, 2.75) is 110 Å². The Morgan fingerprint density at radius 2 is 1.56 bits per heavy atom. The van der Waals surface area contributed by atoms with Gasteiger partial charge in [0.25, 0.3) is 5.69 Å². The van der Waals surface area contributed by atoms with Crippen molar-refractivity contribution < 1.29 is 22.9 Å². The number of carbonyl (C=O) groups excluding carboxylic acids is 1. The first kappa shape index (κ1) is 35.6. The third kappa shape index (κ3) is 13.1. The second-order valence-electron chi connectivity index (χ2n) is 11.0. The van der Waals surface area contributed by atoms with Crippen molar-refractivity contribution in [1.29, 1.82) is 0 Å². The van der Waals surface area contributed by atoms with Crippen LogP contribution >= 0.6 is 0 Å². The molecular weight excluding hydrogens is 563 g/mol. The van der Waals surface area contributed by atoms with E-state index >= 15 is 0 Å². The van der Waals surface area contributed by atoms with E-state index < -0.39 is 22.4 Å². The topological polar surface area (TPSA) is 120 Å². The summed E-state index contributed by atoms with van der Waals surface area (Å²) in [5.74, 6) is 1.04. The number of amides is 1. The quantitative estimate of drug-likeness (QED) is 0.201. The number of benzene rings is 1. The number of nitro groups is 1. The lowest BCUT2D eigenvalue weighted by Gasteiger charge is -2.24. The molecule has 2 aliphatic carbocycles. The monoisotopic (exact) mass is 609 g/mol. The van der Waals surface area contributed by atoms with E-state index in [1.807, 2.05) is 6.07 Å². The molecule has 4 rings (SSSR count). The van der Waals surface area contributed by atoms with Crippen molar-refractivity contribution in [3.63, 3.8) is 0 Å². The predicted molar refractivity (Wildman–Crippen MR) is 165 cm³/mol. The first-order valence-electron chi connectivity index (χ1n) is 15.3. The Morgan fingerprint density at radius 3 is 2.07 bits per heavy atom. The molecule has 2 aromatic rings. The maximum absolute atomic E-state index is 12.8. The summed E-state index contributed by atoms with van der Waals surface area (Å²) in [7, 11) is 0. The van der Waals surface area contributed by atoms with Gasteiger partial charge >= 0.3 is 6.18 Å². The van der Waals surface area contributed by atoms with Gasteiger partial charge in [-0.15, -0.1) is 0 Å². The van der Waals surface area contributed by atoms with Crippen molar-refractivity contribution >= 4 is 23.1 Å². The van der Waals surface area contributed by atoms with Gasteiger partial charge in [0.1, 0.15) is 11.4 Å². The van der Waals surface area contributed by atoms with Gasteiger partial charge in [-0.1, -0.05) is 52.0 Å². The van der Waals surface area contributed by atoms with Crippen LogP contribution in [0.4, 0.5) is 30.4 Å². The average Bonchev–Trinajstić information content (AvgIpc) is 3.46. The molecule has 240 valence electrons. The van der Waals surface area contributed by atoms with E-state index in [0.29, 0.717) is 6.04 Å². The molecule has 0 atom stereocenters. The van der Waals surface area contributed by atoms with Crippen LogP contribution in [-0.4, -0.2) is 41.0 Å². The molecule has 1 heterocycles. The Balaban J connectivity index is 0.000000244. The van der Waals surface area contributed by atoms with Crippen LogP contribution in [0.2, 0.25) is 0 Å². The Labute approximate surface area is 251 Å².